The summed E-state index contributed by atoms with van der Waals surface area (Å²) in [6, 6.07) is 5.88. The lowest BCUT2D eigenvalue weighted by Gasteiger charge is -2.10. The average Bonchev–Trinajstić information content (AvgIpc) is 2.90. The minimum absolute atomic E-state index is 0.535. The van der Waals surface area contributed by atoms with Gasteiger partial charge in [0.2, 0.25) is 0 Å². The van der Waals surface area contributed by atoms with E-state index in [1.54, 1.807) is 18.0 Å². The highest BCUT2D eigenvalue weighted by Gasteiger charge is 2.13. The van der Waals surface area contributed by atoms with Crippen molar-refractivity contribution in [2.24, 2.45) is 5.84 Å². The number of rotatable bonds is 3. The third-order valence-electron chi connectivity index (χ3n) is 3.07. The molecule has 0 spiro atoms. The van der Waals surface area contributed by atoms with Gasteiger partial charge in [-0.25, -0.2) is 20.5 Å². The van der Waals surface area contributed by atoms with Gasteiger partial charge in [0.1, 0.15) is 17.8 Å². The van der Waals surface area contributed by atoms with Crippen molar-refractivity contribution in [3.63, 3.8) is 0 Å². The number of nitrogens with zero attached hydrogens (tertiary/aromatic N) is 4. The van der Waals surface area contributed by atoms with Crippen LogP contribution in [0.15, 0.2) is 30.7 Å². The van der Waals surface area contributed by atoms with E-state index in [1.165, 1.54) is 6.33 Å². The van der Waals surface area contributed by atoms with E-state index in [9.17, 15) is 0 Å². The Kier molecular flexibility index (Phi) is 2.96. The molecule has 0 unspecified atom stereocenters. The number of benzene rings is 1. The third-order valence-corrected chi connectivity index (χ3v) is 3.07. The molecule has 0 aliphatic rings. The summed E-state index contributed by atoms with van der Waals surface area (Å²) in [5, 5.41) is 5.11. The third kappa shape index (κ3) is 1.84. The lowest BCUT2D eigenvalue weighted by molar-refractivity contribution is 0.412. The topological polar surface area (TPSA) is 90.9 Å². The molecule has 3 N–H and O–H groups in total. The van der Waals surface area contributed by atoms with Gasteiger partial charge in [-0.3, -0.25) is 0 Å². The van der Waals surface area contributed by atoms with Crippen molar-refractivity contribution < 1.29 is 4.74 Å². The number of anilines is 1. The van der Waals surface area contributed by atoms with Crippen LogP contribution in [-0.4, -0.2) is 26.9 Å². The molecule has 0 amide bonds. The summed E-state index contributed by atoms with van der Waals surface area (Å²) in [4.78, 5) is 8.33. The van der Waals surface area contributed by atoms with E-state index in [2.05, 4.69) is 20.5 Å². The van der Waals surface area contributed by atoms with Crippen LogP contribution in [0.1, 0.15) is 5.56 Å². The van der Waals surface area contributed by atoms with Crippen LogP contribution >= 0.6 is 0 Å². The first-order valence-corrected chi connectivity index (χ1v) is 6.05. The summed E-state index contributed by atoms with van der Waals surface area (Å²) in [5.41, 5.74) is 5.13. The monoisotopic (exact) mass is 270 g/mol. The maximum atomic E-state index is 5.44. The maximum absolute atomic E-state index is 5.44. The second-order valence-electron chi connectivity index (χ2n) is 4.34. The molecule has 7 heteroatoms. The molecule has 102 valence electrons. The van der Waals surface area contributed by atoms with Gasteiger partial charge in [-0.15, -0.1) is 0 Å². The Morgan fingerprint density at radius 1 is 1.30 bits per heavy atom. The number of nitrogens with one attached hydrogen (secondary N) is 1. The van der Waals surface area contributed by atoms with E-state index in [4.69, 9.17) is 10.6 Å². The quantitative estimate of drug-likeness (QED) is 0.552. The predicted molar refractivity (Wildman–Crippen MR) is 75.8 cm³/mol. The van der Waals surface area contributed by atoms with Crippen molar-refractivity contribution >= 4 is 16.9 Å². The summed E-state index contributed by atoms with van der Waals surface area (Å²) < 4.78 is 7.10. The molecule has 2 aromatic heterocycles. The van der Waals surface area contributed by atoms with Crippen LogP contribution in [0.25, 0.3) is 16.7 Å². The van der Waals surface area contributed by atoms with Crippen LogP contribution in [0.2, 0.25) is 0 Å². The van der Waals surface area contributed by atoms with Crippen molar-refractivity contribution in [1.29, 1.82) is 0 Å². The Bertz CT molecular complexity index is 767. The highest BCUT2D eigenvalue weighted by molar-refractivity contribution is 5.87. The smallest absolute Gasteiger partial charge is 0.168 e. The van der Waals surface area contributed by atoms with Gasteiger partial charge in [-0.05, 0) is 24.6 Å². The molecule has 2 heterocycles. The zero-order valence-electron chi connectivity index (χ0n) is 11.2. The summed E-state index contributed by atoms with van der Waals surface area (Å²) in [5.74, 6) is 6.70. The first kappa shape index (κ1) is 12.4. The molecule has 20 heavy (non-hydrogen) atoms. The molecule has 0 atom stereocenters. The summed E-state index contributed by atoms with van der Waals surface area (Å²) in [6.45, 7) is 2.01. The van der Waals surface area contributed by atoms with Crippen LogP contribution in [0.3, 0.4) is 0 Å². The number of hydrogen-bond acceptors (Lipinski definition) is 6. The first-order chi connectivity index (χ1) is 9.74. The molecule has 3 rings (SSSR count). The Hall–Kier alpha value is -2.67. The number of methoxy groups -OCH3 is 1. The number of hydrogen-bond donors (Lipinski definition) is 2. The summed E-state index contributed by atoms with van der Waals surface area (Å²) in [6.07, 6.45) is 3.12. The van der Waals surface area contributed by atoms with Gasteiger partial charge in [0.25, 0.3) is 0 Å². The Morgan fingerprint density at radius 2 is 2.15 bits per heavy atom. The zero-order chi connectivity index (χ0) is 14.1. The van der Waals surface area contributed by atoms with E-state index in [-0.39, 0.29) is 0 Å². The summed E-state index contributed by atoms with van der Waals surface area (Å²) >= 11 is 0. The highest BCUT2D eigenvalue weighted by atomic mass is 16.5. The van der Waals surface area contributed by atoms with E-state index >= 15 is 0 Å². The molecule has 0 bridgehead atoms. The Labute approximate surface area is 115 Å². The number of aromatic nitrogens is 4. The van der Waals surface area contributed by atoms with Crippen LogP contribution in [0, 0.1) is 6.92 Å². The number of ether oxygens (including phenoxy) is 1. The average molecular weight is 270 g/mol. The van der Waals surface area contributed by atoms with Gasteiger partial charge < -0.3 is 10.2 Å². The molecular formula is C13H14N6O. The molecule has 0 saturated carbocycles. The predicted octanol–water partition coefficient (Wildman–Crippen LogP) is 1.42. The van der Waals surface area contributed by atoms with Crippen molar-refractivity contribution in [2.45, 2.75) is 6.92 Å². The zero-order valence-corrected chi connectivity index (χ0v) is 11.2. The molecule has 1 aromatic carbocycles. The Balaban J connectivity index is 2.28. The van der Waals surface area contributed by atoms with E-state index in [0.717, 1.165) is 22.4 Å². The van der Waals surface area contributed by atoms with Crippen molar-refractivity contribution in [3.8, 4) is 11.4 Å². The largest absolute Gasteiger partial charge is 0.494 e. The van der Waals surface area contributed by atoms with Crippen LogP contribution in [-0.2, 0) is 0 Å². The van der Waals surface area contributed by atoms with Crippen molar-refractivity contribution in [2.75, 3.05) is 12.5 Å². The van der Waals surface area contributed by atoms with Crippen molar-refractivity contribution in [3.05, 3.63) is 36.3 Å². The molecule has 0 radical (unpaired) electrons. The Morgan fingerprint density at radius 3 is 2.90 bits per heavy atom. The fourth-order valence-electron chi connectivity index (χ4n) is 2.10. The van der Waals surface area contributed by atoms with E-state index < -0.39 is 0 Å². The molecule has 3 aromatic rings. The van der Waals surface area contributed by atoms with Crippen molar-refractivity contribution in [1.82, 2.24) is 19.7 Å². The van der Waals surface area contributed by atoms with Gasteiger partial charge in [0, 0.05) is 0 Å². The van der Waals surface area contributed by atoms with Crippen LogP contribution in [0.5, 0.6) is 5.75 Å². The fraction of sp³-hybridized carbons (Fsp3) is 0.154. The van der Waals surface area contributed by atoms with Crippen LogP contribution < -0.4 is 16.0 Å². The van der Waals surface area contributed by atoms with Gasteiger partial charge in [0.15, 0.2) is 11.5 Å². The van der Waals surface area contributed by atoms with Gasteiger partial charge in [0.05, 0.1) is 18.7 Å². The minimum atomic E-state index is 0.535. The number of nitrogens with two attached hydrogens (primary N) is 1. The van der Waals surface area contributed by atoms with Gasteiger partial charge in [-0.2, -0.15) is 5.10 Å². The van der Waals surface area contributed by atoms with Crippen LogP contribution in [0.4, 0.5) is 5.82 Å². The standard InChI is InChI=1S/C13H14N6O/c1-8-3-4-11(20-2)10(5-8)19-13-9(6-17-19)12(18-14)15-7-16-13/h3-7H,14H2,1-2H3,(H,15,16,18). The SMILES string of the molecule is COc1ccc(C)cc1-n1ncc2c(NN)ncnc21. The lowest BCUT2D eigenvalue weighted by Crippen LogP contribution is -2.09. The molecular weight excluding hydrogens is 256 g/mol. The number of aryl methyl sites for hydroxylation is 1. The maximum Gasteiger partial charge on any atom is 0.168 e. The molecule has 0 saturated heterocycles. The normalized spacial score (nSPS) is 10.8. The van der Waals surface area contributed by atoms with E-state index in [0.29, 0.717) is 11.5 Å². The number of nitrogen functional groups attached to an aromatic ring is 1. The molecule has 0 aliphatic carbocycles. The molecule has 0 fully saturated rings. The number of hydrazine groups is 1. The fourth-order valence-corrected chi connectivity index (χ4v) is 2.10. The van der Waals surface area contributed by atoms with Gasteiger partial charge in [-0.1, -0.05) is 6.07 Å². The minimum Gasteiger partial charge on any atom is -0.494 e. The highest BCUT2D eigenvalue weighted by Crippen LogP contribution is 2.27. The lowest BCUT2D eigenvalue weighted by atomic mass is 10.2. The second-order valence-corrected chi connectivity index (χ2v) is 4.34. The van der Waals surface area contributed by atoms with E-state index in [1.807, 2.05) is 25.1 Å². The summed E-state index contributed by atoms with van der Waals surface area (Å²) in [7, 11) is 1.63. The molecule has 7 nitrogen and oxygen atoms in total. The number of fused-ring (bicyclic) bond motifs is 1. The first-order valence-electron chi connectivity index (χ1n) is 6.05. The second kappa shape index (κ2) is 4.78. The van der Waals surface area contributed by atoms with Gasteiger partial charge >= 0.3 is 0 Å². The molecule has 0 aliphatic heterocycles.